The number of carbonyl (C=O) groups excluding carboxylic acids is 2. The number of ether oxygens (including phenoxy) is 2. The fraction of sp³-hybridized carbons (Fsp3) is 0.469. The fourth-order valence-electron chi connectivity index (χ4n) is 5.19. The maximum atomic E-state index is 14.0. The molecule has 0 aliphatic carbocycles. The molecule has 0 saturated carbocycles. The zero-order valence-corrected chi connectivity index (χ0v) is 27.0. The summed E-state index contributed by atoms with van der Waals surface area (Å²) in [5.74, 6) is 1.81. The number of likely N-dealkylation sites (N-methyl/N-ethyl adjacent to an activating group) is 1. The van der Waals surface area contributed by atoms with Crippen LogP contribution in [0.3, 0.4) is 0 Å². The van der Waals surface area contributed by atoms with Crippen LogP contribution in [0.1, 0.15) is 54.0 Å². The van der Waals surface area contributed by atoms with Gasteiger partial charge in [0, 0.05) is 29.6 Å². The minimum atomic E-state index is -0.369. The molecular weight excluding hydrogens is 550 g/mol. The summed E-state index contributed by atoms with van der Waals surface area (Å²) in [5, 5.41) is 7.89. The van der Waals surface area contributed by atoms with Crippen molar-refractivity contribution in [2.45, 2.75) is 45.3 Å². The molecule has 1 aliphatic heterocycles. The van der Waals surface area contributed by atoms with E-state index in [0.717, 1.165) is 33.6 Å². The van der Waals surface area contributed by atoms with Crippen molar-refractivity contribution in [2.24, 2.45) is 0 Å². The molecule has 4 rings (SSSR count). The van der Waals surface area contributed by atoms with Gasteiger partial charge in [0.15, 0.2) is 0 Å². The first kappa shape index (κ1) is 31.4. The number of carbonyl (C=O) groups is 2. The van der Waals surface area contributed by atoms with Crippen LogP contribution in [0.25, 0.3) is 5.69 Å². The van der Waals surface area contributed by atoms with Crippen LogP contribution in [0.4, 0.5) is 5.82 Å². The summed E-state index contributed by atoms with van der Waals surface area (Å²) in [6, 6.07) is 11.9. The number of amides is 2. The van der Waals surface area contributed by atoms with Crippen molar-refractivity contribution < 1.29 is 19.1 Å². The second kappa shape index (κ2) is 12.8. The number of thioether (sulfide) groups is 1. The summed E-state index contributed by atoms with van der Waals surface area (Å²) >= 11 is 1.52. The first-order valence-corrected chi connectivity index (χ1v) is 15.2. The Morgan fingerprint density at radius 2 is 1.86 bits per heavy atom. The van der Waals surface area contributed by atoms with Gasteiger partial charge in [-0.05, 0) is 57.8 Å². The molecule has 0 radical (unpaired) electrons. The third-order valence-corrected chi connectivity index (χ3v) is 8.52. The number of methoxy groups -OCH3 is 2. The molecule has 0 bridgehead atoms. The summed E-state index contributed by atoms with van der Waals surface area (Å²) in [7, 11) is 7.19. The van der Waals surface area contributed by atoms with Gasteiger partial charge < -0.3 is 19.7 Å². The van der Waals surface area contributed by atoms with Gasteiger partial charge in [0.05, 0.1) is 36.6 Å². The number of aromatic nitrogens is 2. The Hall–Kier alpha value is -3.50. The molecule has 226 valence electrons. The van der Waals surface area contributed by atoms with Crippen molar-refractivity contribution in [3.05, 3.63) is 64.3 Å². The van der Waals surface area contributed by atoms with E-state index in [1.165, 1.54) is 11.8 Å². The van der Waals surface area contributed by atoms with E-state index in [0.29, 0.717) is 30.4 Å². The van der Waals surface area contributed by atoms with Crippen LogP contribution in [0.2, 0.25) is 0 Å². The van der Waals surface area contributed by atoms with E-state index in [2.05, 4.69) is 39.1 Å². The van der Waals surface area contributed by atoms with E-state index in [9.17, 15) is 9.59 Å². The molecular formula is C32H43N5O4S. The van der Waals surface area contributed by atoms with Crippen LogP contribution < -0.4 is 19.7 Å². The highest BCUT2D eigenvalue weighted by Crippen LogP contribution is 2.51. The molecule has 2 aromatic carbocycles. The Labute approximate surface area is 253 Å². The van der Waals surface area contributed by atoms with Gasteiger partial charge in [0.1, 0.15) is 23.9 Å². The summed E-state index contributed by atoms with van der Waals surface area (Å²) in [6.45, 7) is 11.5. The minimum Gasteiger partial charge on any atom is -0.497 e. The highest BCUT2D eigenvalue weighted by Gasteiger charge is 2.41. The Kier molecular flexibility index (Phi) is 9.57. The van der Waals surface area contributed by atoms with E-state index < -0.39 is 0 Å². The summed E-state index contributed by atoms with van der Waals surface area (Å²) < 4.78 is 13.3. The van der Waals surface area contributed by atoms with Gasteiger partial charge in [-0.25, -0.2) is 4.68 Å². The SMILES string of the molecule is COc1ccc(OC)c(C2SCC(=O)N(CC(=O)NCCN(C)C)c3c2c(C(C)(C)C)nn3-c2ccc(C)cc2C)c1. The van der Waals surface area contributed by atoms with Gasteiger partial charge in [-0.3, -0.25) is 14.5 Å². The van der Waals surface area contributed by atoms with Crippen molar-refractivity contribution in [1.82, 2.24) is 20.0 Å². The molecule has 42 heavy (non-hydrogen) atoms. The number of fused-ring (bicyclic) bond motifs is 1. The van der Waals surface area contributed by atoms with E-state index in [4.69, 9.17) is 14.6 Å². The van der Waals surface area contributed by atoms with Crippen LogP contribution in [0, 0.1) is 13.8 Å². The molecule has 10 heteroatoms. The van der Waals surface area contributed by atoms with E-state index in [-0.39, 0.29) is 34.8 Å². The van der Waals surface area contributed by atoms with E-state index in [1.807, 2.05) is 60.9 Å². The Morgan fingerprint density at radius 1 is 1.12 bits per heavy atom. The number of nitrogens with zero attached hydrogens (tertiary/aromatic N) is 4. The third-order valence-electron chi connectivity index (χ3n) is 7.28. The molecule has 1 aliphatic rings. The lowest BCUT2D eigenvalue weighted by molar-refractivity contribution is -0.122. The lowest BCUT2D eigenvalue weighted by Crippen LogP contribution is -2.43. The number of hydrogen-bond acceptors (Lipinski definition) is 7. The van der Waals surface area contributed by atoms with Crippen LogP contribution in [0.5, 0.6) is 11.5 Å². The smallest absolute Gasteiger partial charge is 0.240 e. The number of hydrogen-bond donors (Lipinski definition) is 1. The van der Waals surface area contributed by atoms with Gasteiger partial charge in [0.2, 0.25) is 11.8 Å². The Balaban J connectivity index is 2.00. The average Bonchev–Trinajstić information content (AvgIpc) is 3.25. The maximum absolute atomic E-state index is 14.0. The van der Waals surface area contributed by atoms with Crippen molar-refractivity contribution in [2.75, 3.05) is 58.6 Å². The van der Waals surface area contributed by atoms with E-state index in [1.54, 1.807) is 19.1 Å². The lowest BCUT2D eigenvalue weighted by atomic mass is 9.87. The van der Waals surface area contributed by atoms with Crippen LogP contribution in [-0.2, 0) is 15.0 Å². The van der Waals surface area contributed by atoms with Crippen LogP contribution in [0.15, 0.2) is 36.4 Å². The van der Waals surface area contributed by atoms with Gasteiger partial charge in [-0.15, -0.1) is 11.8 Å². The summed E-state index contributed by atoms with van der Waals surface area (Å²) in [5.41, 5.74) is 5.29. The van der Waals surface area contributed by atoms with Crippen LogP contribution in [-0.4, -0.2) is 80.2 Å². The molecule has 1 aromatic heterocycles. The van der Waals surface area contributed by atoms with Crippen LogP contribution >= 0.6 is 11.8 Å². The Morgan fingerprint density at radius 3 is 2.48 bits per heavy atom. The monoisotopic (exact) mass is 593 g/mol. The predicted molar refractivity (Wildman–Crippen MR) is 170 cm³/mol. The Bertz CT molecular complexity index is 1460. The largest absolute Gasteiger partial charge is 0.497 e. The van der Waals surface area contributed by atoms with E-state index >= 15 is 0 Å². The normalized spacial score (nSPS) is 15.4. The quantitative estimate of drug-likeness (QED) is 0.386. The van der Waals surface area contributed by atoms with Gasteiger partial charge in [-0.1, -0.05) is 38.5 Å². The molecule has 3 aromatic rings. The molecule has 0 spiro atoms. The van der Waals surface area contributed by atoms with Crippen molar-refractivity contribution in [3.63, 3.8) is 0 Å². The first-order valence-electron chi connectivity index (χ1n) is 14.1. The van der Waals surface area contributed by atoms with Gasteiger partial charge >= 0.3 is 0 Å². The van der Waals surface area contributed by atoms with Gasteiger partial charge in [0.25, 0.3) is 0 Å². The molecule has 9 nitrogen and oxygen atoms in total. The molecule has 2 amide bonds. The van der Waals surface area contributed by atoms with Crippen molar-refractivity contribution >= 4 is 29.4 Å². The second-order valence-electron chi connectivity index (χ2n) is 12.0. The number of anilines is 1. The first-order chi connectivity index (χ1) is 19.8. The second-order valence-corrected chi connectivity index (χ2v) is 13.1. The maximum Gasteiger partial charge on any atom is 0.240 e. The molecule has 2 heterocycles. The summed E-state index contributed by atoms with van der Waals surface area (Å²) in [6.07, 6.45) is 0. The fourth-order valence-corrected chi connectivity index (χ4v) is 6.41. The number of nitrogens with one attached hydrogen (secondary N) is 1. The van der Waals surface area contributed by atoms with Gasteiger partial charge in [-0.2, -0.15) is 5.10 Å². The zero-order chi connectivity index (χ0) is 30.8. The predicted octanol–water partition coefficient (Wildman–Crippen LogP) is 4.65. The zero-order valence-electron chi connectivity index (χ0n) is 26.2. The average molecular weight is 594 g/mol. The number of aryl methyl sites for hydroxylation is 2. The number of benzene rings is 2. The summed E-state index contributed by atoms with van der Waals surface area (Å²) in [4.78, 5) is 30.8. The lowest BCUT2D eigenvalue weighted by Gasteiger charge is -2.25. The molecule has 0 fully saturated rings. The van der Waals surface area contributed by atoms with Crippen molar-refractivity contribution in [3.8, 4) is 17.2 Å². The van der Waals surface area contributed by atoms with Crippen molar-refractivity contribution in [1.29, 1.82) is 0 Å². The molecule has 1 atom stereocenters. The standard InChI is InChI=1S/C32H43N5O4S/c1-20-10-12-24(21(2)16-20)37-31-28(30(34-37)32(3,4)5)29(23-17-22(40-8)11-13-25(23)41-9)42-19-27(39)36(31)18-26(38)33-14-15-35(6)7/h10-13,16-17,29H,14-15,18-19H2,1-9H3,(H,33,38). The highest BCUT2D eigenvalue weighted by molar-refractivity contribution is 8.00. The number of rotatable bonds is 9. The molecule has 0 saturated heterocycles. The third kappa shape index (κ3) is 6.60. The molecule has 1 N–H and O–H groups in total. The molecule has 1 unspecified atom stereocenters. The highest BCUT2D eigenvalue weighted by atomic mass is 32.2. The topological polar surface area (TPSA) is 88.9 Å². The minimum absolute atomic E-state index is 0.109.